The van der Waals surface area contributed by atoms with Crippen LogP contribution in [0.15, 0.2) is 104 Å². The van der Waals surface area contributed by atoms with Crippen molar-refractivity contribution in [2.45, 2.75) is 16.5 Å². The van der Waals surface area contributed by atoms with Gasteiger partial charge in [0.2, 0.25) is 0 Å². The van der Waals surface area contributed by atoms with E-state index in [2.05, 4.69) is 25.7 Å². The van der Waals surface area contributed by atoms with E-state index in [-0.39, 0.29) is 5.69 Å². The number of carbonyl (C=O) groups excluding carboxylic acids is 1. The van der Waals surface area contributed by atoms with Crippen LogP contribution < -0.4 is 0 Å². The Kier molecular flexibility index (Phi) is 6.51. The molecule has 0 spiro atoms. The second kappa shape index (κ2) is 9.49. The minimum atomic E-state index is -1.66. The van der Waals surface area contributed by atoms with Crippen LogP contribution in [0.4, 0.5) is 4.39 Å². The molecule has 4 aromatic rings. The summed E-state index contributed by atoms with van der Waals surface area (Å²) in [6.07, 6.45) is 1.62. The standard InChI is InChI=1S/C26H22BrFN2O2/c1-32-25(31)23(27)24(28)22-17-30(18-29-22)26(19-11-5-2-6-12-19,20-13-7-3-8-14-20)21-15-9-4-10-16-21/h2-18,23-24H,1H3/t23-,24-/m1/s1. The number of esters is 1. The highest BCUT2D eigenvalue weighted by Crippen LogP contribution is 2.41. The summed E-state index contributed by atoms with van der Waals surface area (Å²) in [4.78, 5) is 15.1. The number of nitrogens with zero attached hydrogens (tertiary/aromatic N) is 2. The molecule has 6 heteroatoms. The van der Waals surface area contributed by atoms with E-state index in [0.29, 0.717) is 0 Å². The highest BCUT2D eigenvalue weighted by molar-refractivity contribution is 9.10. The van der Waals surface area contributed by atoms with Gasteiger partial charge in [0.15, 0.2) is 6.17 Å². The average Bonchev–Trinajstić information content (AvgIpc) is 3.35. The maximum absolute atomic E-state index is 15.2. The van der Waals surface area contributed by atoms with Crippen molar-refractivity contribution >= 4 is 21.9 Å². The van der Waals surface area contributed by atoms with Crippen molar-refractivity contribution in [3.63, 3.8) is 0 Å². The lowest BCUT2D eigenvalue weighted by molar-refractivity contribution is -0.141. The Morgan fingerprint density at radius 3 is 1.75 bits per heavy atom. The van der Waals surface area contributed by atoms with Crippen molar-refractivity contribution < 1.29 is 13.9 Å². The molecule has 0 N–H and O–H groups in total. The third-order valence-corrected chi connectivity index (χ3v) is 6.37. The smallest absolute Gasteiger partial charge is 0.322 e. The van der Waals surface area contributed by atoms with Gasteiger partial charge in [-0.2, -0.15) is 0 Å². The topological polar surface area (TPSA) is 44.1 Å². The van der Waals surface area contributed by atoms with E-state index >= 15 is 4.39 Å². The Morgan fingerprint density at radius 2 is 1.34 bits per heavy atom. The first kappa shape index (κ1) is 22.0. The van der Waals surface area contributed by atoms with Crippen LogP contribution >= 0.6 is 15.9 Å². The summed E-state index contributed by atoms with van der Waals surface area (Å²) in [6, 6.07) is 30.1. The van der Waals surface area contributed by atoms with E-state index in [0.717, 1.165) is 16.7 Å². The van der Waals surface area contributed by atoms with Crippen molar-refractivity contribution in [2.75, 3.05) is 7.11 Å². The van der Waals surface area contributed by atoms with Crippen molar-refractivity contribution in [1.29, 1.82) is 0 Å². The maximum atomic E-state index is 15.2. The molecular weight excluding hydrogens is 471 g/mol. The molecule has 0 aliphatic carbocycles. The number of carbonyl (C=O) groups is 1. The number of benzene rings is 3. The molecule has 0 aliphatic heterocycles. The van der Waals surface area contributed by atoms with E-state index in [4.69, 9.17) is 0 Å². The summed E-state index contributed by atoms with van der Waals surface area (Å²) in [6.45, 7) is 0. The number of halogens is 2. The van der Waals surface area contributed by atoms with E-state index in [1.165, 1.54) is 7.11 Å². The predicted octanol–water partition coefficient (Wildman–Crippen LogP) is 5.67. The van der Waals surface area contributed by atoms with Gasteiger partial charge in [0, 0.05) is 6.20 Å². The Hall–Kier alpha value is -3.25. The monoisotopic (exact) mass is 492 g/mol. The van der Waals surface area contributed by atoms with Gasteiger partial charge in [-0.1, -0.05) is 107 Å². The van der Waals surface area contributed by atoms with Crippen LogP contribution in [0, 0.1) is 0 Å². The van der Waals surface area contributed by atoms with Crippen LogP contribution in [0.3, 0.4) is 0 Å². The molecule has 0 bridgehead atoms. The number of hydrogen-bond acceptors (Lipinski definition) is 3. The van der Waals surface area contributed by atoms with Crippen LogP contribution in [0.2, 0.25) is 0 Å². The van der Waals surface area contributed by atoms with Gasteiger partial charge in [-0.05, 0) is 16.7 Å². The molecule has 1 heterocycles. The Labute approximate surface area is 194 Å². The normalized spacial score (nSPS) is 13.3. The van der Waals surface area contributed by atoms with Gasteiger partial charge >= 0.3 is 5.97 Å². The lowest BCUT2D eigenvalue weighted by atomic mass is 9.77. The lowest BCUT2D eigenvalue weighted by Crippen LogP contribution is -2.37. The lowest BCUT2D eigenvalue weighted by Gasteiger charge is -2.37. The molecule has 3 aromatic carbocycles. The van der Waals surface area contributed by atoms with E-state index in [9.17, 15) is 4.79 Å². The summed E-state index contributed by atoms with van der Waals surface area (Å²) in [5.41, 5.74) is 2.35. The Balaban J connectivity index is 1.96. The van der Waals surface area contributed by atoms with Crippen molar-refractivity contribution in [3.05, 3.63) is 126 Å². The number of ether oxygens (including phenoxy) is 1. The van der Waals surface area contributed by atoms with Gasteiger partial charge in [0.25, 0.3) is 0 Å². The second-order valence-corrected chi connectivity index (χ2v) is 8.33. The molecule has 1 aromatic heterocycles. The summed E-state index contributed by atoms with van der Waals surface area (Å²) in [5, 5.41) is 0. The molecular formula is C26H22BrFN2O2. The molecule has 4 nitrogen and oxygen atoms in total. The van der Waals surface area contributed by atoms with Gasteiger partial charge in [0.05, 0.1) is 19.1 Å². The third-order valence-electron chi connectivity index (χ3n) is 5.53. The van der Waals surface area contributed by atoms with Crippen molar-refractivity contribution in [1.82, 2.24) is 9.55 Å². The van der Waals surface area contributed by atoms with Gasteiger partial charge < -0.3 is 9.30 Å². The summed E-state index contributed by atoms with van der Waals surface area (Å²) >= 11 is 3.10. The van der Waals surface area contributed by atoms with Gasteiger partial charge in [0.1, 0.15) is 10.4 Å². The molecule has 0 unspecified atom stereocenters. The van der Waals surface area contributed by atoms with Gasteiger partial charge in [-0.25, -0.2) is 9.37 Å². The number of rotatable bonds is 7. The third kappa shape index (κ3) is 3.86. The highest BCUT2D eigenvalue weighted by Gasteiger charge is 2.39. The number of alkyl halides is 2. The molecule has 0 saturated carbocycles. The zero-order valence-corrected chi connectivity index (χ0v) is 19.0. The zero-order chi connectivity index (χ0) is 22.6. The number of hydrogen-bond donors (Lipinski definition) is 0. The number of imidazole rings is 1. The van der Waals surface area contributed by atoms with Crippen LogP contribution in [-0.2, 0) is 15.1 Å². The van der Waals surface area contributed by atoms with E-state index < -0.39 is 22.5 Å². The fraction of sp³-hybridized carbons (Fsp3) is 0.154. The molecule has 0 aliphatic rings. The van der Waals surface area contributed by atoms with E-state index in [1.54, 1.807) is 12.5 Å². The fourth-order valence-electron chi connectivity index (χ4n) is 4.03. The molecule has 0 amide bonds. The average molecular weight is 493 g/mol. The van der Waals surface area contributed by atoms with Crippen molar-refractivity contribution in [3.8, 4) is 0 Å². The van der Waals surface area contributed by atoms with Gasteiger partial charge in [-0.15, -0.1) is 0 Å². The van der Waals surface area contributed by atoms with Crippen LogP contribution in [0.25, 0.3) is 0 Å². The first-order valence-electron chi connectivity index (χ1n) is 10.2. The molecule has 4 rings (SSSR count). The first-order valence-corrected chi connectivity index (χ1v) is 11.1. The predicted molar refractivity (Wildman–Crippen MR) is 125 cm³/mol. The van der Waals surface area contributed by atoms with Crippen LogP contribution in [0.1, 0.15) is 28.6 Å². The van der Waals surface area contributed by atoms with Crippen molar-refractivity contribution in [2.24, 2.45) is 0 Å². The summed E-state index contributed by atoms with van der Waals surface area (Å²) in [5.74, 6) is -0.688. The summed E-state index contributed by atoms with van der Waals surface area (Å²) < 4.78 is 21.7. The maximum Gasteiger partial charge on any atom is 0.322 e. The zero-order valence-electron chi connectivity index (χ0n) is 17.4. The fourth-order valence-corrected chi connectivity index (χ4v) is 4.49. The number of aromatic nitrogens is 2. The largest absolute Gasteiger partial charge is 0.468 e. The molecule has 0 saturated heterocycles. The Morgan fingerprint density at radius 1 is 0.906 bits per heavy atom. The van der Waals surface area contributed by atoms with Crippen LogP contribution in [-0.4, -0.2) is 27.5 Å². The molecule has 2 atom stereocenters. The van der Waals surface area contributed by atoms with E-state index in [1.807, 2.05) is 95.6 Å². The quantitative estimate of drug-likeness (QED) is 0.189. The molecule has 0 radical (unpaired) electrons. The Bertz CT molecular complexity index is 1070. The minimum Gasteiger partial charge on any atom is -0.468 e. The molecule has 32 heavy (non-hydrogen) atoms. The van der Waals surface area contributed by atoms with Crippen LogP contribution in [0.5, 0.6) is 0 Å². The second-order valence-electron chi connectivity index (χ2n) is 7.34. The van der Waals surface area contributed by atoms with Gasteiger partial charge in [-0.3, -0.25) is 4.79 Å². The highest BCUT2D eigenvalue weighted by atomic mass is 79.9. The first-order chi connectivity index (χ1) is 15.6. The SMILES string of the molecule is COC(=O)[C@H](Br)[C@H](F)c1cn(C(c2ccccc2)(c2ccccc2)c2ccccc2)cn1. The molecule has 0 fully saturated rings. The molecule has 162 valence electrons. The minimum absolute atomic E-state index is 0.143. The summed E-state index contributed by atoms with van der Waals surface area (Å²) in [7, 11) is 1.23. The number of methoxy groups -OCH3 is 1.